The van der Waals surface area contributed by atoms with Crippen LogP contribution in [0.5, 0.6) is 0 Å². The van der Waals surface area contributed by atoms with E-state index in [1.807, 2.05) is 30.3 Å². The first-order chi connectivity index (χ1) is 9.93. The third-order valence-corrected chi connectivity index (χ3v) is 3.46. The Labute approximate surface area is 116 Å². The highest BCUT2D eigenvalue weighted by atomic mass is 15.4. The van der Waals surface area contributed by atoms with Crippen molar-refractivity contribution in [2.75, 3.05) is 11.6 Å². The number of aliphatic imine (C=N–C) groups is 1. The van der Waals surface area contributed by atoms with Gasteiger partial charge in [0, 0.05) is 11.1 Å². The zero-order chi connectivity index (χ0) is 13.4. The molecule has 2 aromatic carbocycles. The van der Waals surface area contributed by atoms with Crippen LogP contribution in [0.15, 0.2) is 81.8 Å². The summed E-state index contributed by atoms with van der Waals surface area (Å²) in [7, 11) is 0. The van der Waals surface area contributed by atoms with Gasteiger partial charge in [-0.1, -0.05) is 48.5 Å². The molecule has 0 saturated heterocycles. The minimum Gasteiger partial charge on any atom is -0.301 e. The van der Waals surface area contributed by atoms with Crippen LogP contribution >= 0.6 is 0 Å². The Bertz CT molecular complexity index is 744. The Hall–Kier alpha value is -2.75. The van der Waals surface area contributed by atoms with Crippen molar-refractivity contribution >= 4 is 11.4 Å². The van der Waals surface area contributed by atoms with Gasteiger partial charge >= 0.3 is 0 Å². The zero-order valence-electron chi connectivity index (χ0n) is 10.8. The van der Waals surface area contributed by atoms with E-state index in [9.17, 15) is 0 Å². The number of anilines is 1. The summed E-state index contributed by atoms with van der Waals surface area (Å²) in [5.74, 6) is 0.795. The van der Waals surface area contributed by atoms with Crippen LogP contribution in [0.4, 0.5) is 5.69 Å². The van der Waals surface area contributed by atoms with Gasteiger partial charge < -0.3 is 4.90 Å². The topological polar surface area (TPSA) is 40.3 Å². The summed E-state index contributed by atoms with van der Waals surface area (Å²) in [5.41, 5.74) is 4.29. The number of hydrogen-bond donors (Lipinski definition) is 0. The van der Waals surface area contributed by atoms with Gasteiger partial charge in [0.2, 0.25) is 0 Å². The molecular formula is C16H12N4. The van der Waals surface area contributed by atoms with Crippen LogP contribution in [0.2, 0.25) is 0 Å². The average Bonchev–Trinajstić information content (AvgIpc) is 2.92. The highest BCUT2D eigenvalue weighted by Crippen LogP contribution is 2.32. The summed E-state index contributed by atoms with van der Waals surface area (Å²) in [6, 6.07) is 18.5. The van der Waals surface area contributed by atoms with Crippen molar-refractivity contribution in [3.8, 4) is 0 Å². The first-order valence-corrected chi connectivity index (χ1v) is 6.51. The summed E-state index contributed by atoms with van der Waals surface area (Å²) in [6.45, 7) is 0.556. The fourth-order valence-corrected chi connectivity index (χ4v) is 2.52. The van der Waals surface area contributed by atoms with E-state index in [2.05, 4.69) is 44.4 Å². The van der Waals surface area contributed by atoms with E-state index in [0.29, 0.717) is 6.67 Å². The molecule has 20 heavy (non-hydrogen) atoms. The van der Waals surface area contributed by atoms with Crippen LogP contribution in [0.3, 0.4) is 0 Å². The number of nitrogens with zero attached hydrogens (tertiary/aromatic N) is 4. The predicted octanol–water partition coefficient (Wildman–Crippen LogP) is 3.57. The van der Waals surface area contributed by atoms with Gasteiger partial charge in [-0.3, -0.25) is 4.99 Å². The fraction of sp³-hybridized carbons (Fsp3) is 0.0625. The minimum atomic E-state index is 0.556. The lowest BCUT2D eigenvalue weighted by molar-refractivity contribution is 1.00. The molecule has 2 aromatic rings. The van der Waals surface area contributed by atoms with Gasteiger partial charge in [-0.25, -0.2) is 0 Å². The molecule has 0 radical (unpaired) electrons. The third-order valence-electron chi connectivity index (χ3n) is 3.46. The molecule has 0 spiro atoms. The normalized spacial score (nSPS) is 16.1. The van der Waals surface area contributed by atoms with E-state index in [1.54, 1.807) is 6.20 Å². The monoisotopic (exact) mass is 260 g/mol. The molecule has 0 bridgehead atoms. The van der Waals surface area contributed by atoms with Crippen molar-refractivity contribution in [2.45, 2.75) is 0 Å². The van der Waals surface area contributed by atoms with E-state index >= 15 is 0 Å². The lowest BCUT2D eigenvalue weighted by atomic mass is 10.0. The first-order valence-electron chi connectivity index (χ1n) is 6.51. The van der Waals surface area contributed by atoms with Gasteiger partial charge in [0.25, 0.3) is 0 Å². The number of azo groups is 1. The molecule has 0 atom stereocenters. The lowest BCUT2D eigenvalue weighted by Gasteiger charge is -2.18. The van der Waals surface area contributed by atoms with Gasteiger partial charge in [-0.05, 0) is 6.07 Å². The Morgan fingerprint density at radius 3 is 2.60 bits per heavy atom. The molecule has 0 aliphatic carbocycles. The quantitative estimate of drug-likeness (QED) is 0.772. The molecule has 0 N–H and O–H groups in total. The number of rotatable bonds is 1. The van der Waals surface area contributed by atoms with Gasteiger partial charge in [0.15, 0.2) is 5.82 Å². The van der Waals surface area contributed by atoms with Gasteiger partial charge in [-0.15, -0.1) is 5.11 Å². The van der Waals surface area contributed by atoms with E-state index in [0.717, 1.165) is 28.3 Å². The number of benzene rings is 2. The number of hydrogen-bond acceptors (Lipinski definition) is 4. The van der Waals surface area contributed by atoms with E-state index in [4.69, 9.17) is 0 Å². The van der Waals surface area contributed by atoms with Gasteiger partial charge in [0.1, 0.15) is 6.67 Å². The van der Waals surface area contributed by atoms with Crippen molar-refractivity contribution in [3.05, 3.63) is 77.7 Å². The van der Waals surface area contributed by atoms with Gasteiger partial charge in [-0.2, -0.15) is 5.11 Å². The van der Waals surface area contributed by atoms with Crippen LogP contribution < -0.4 is 4.90 Å². The minimum absolute atomic E-state index is 0.556. The molecule has 2 aliphatic heterocycles. The van der Waals surface area contributed by atoms with Crippen molar-refractivity contribution in [3.63, 3.8) is 0 Å². The second kappa shape index (κ2) is 4.42. The standard InChI is InChI=1S/C16H12N4/c1-2-6-12(7-3-1)16-13-8-4-5-9-14(13)20-11-18-19-15(20)10-17-16/h1-10H,11H2. The summed E-state index contributed by atoms with van der Waals surface area (Å²) >= 11 is 0. The molecule has 0 unspecified atom stereocenters. The van der Waals surface area contributed by atoms with E-state index in [1.165, 1.54) is 0 Å². The van der Waals surface area contributed by atoms with Crippen LogP contribution in [0.25, 0.3) is 0 Å². The smallest absolute Gasteiger partial charge is 0.175 e. The molecule has 2 aliphatic rings. The van der Waals surface area contributed by atoms with E-state index in [-0.39, 0.29) is 0 Å². The molecule has 0 amide bonds. The first kappa shape index (κ1) is 11.1. The van der Waals surface area contributed by atoms with Crippen LogP contribution in [0, 0.1) is 0 Å². The van der Waals surface area contributed by atoms with Crippen molar-refractivity contribution in [1.82, 2.24) is 0 Å². The van der Waals surface area contributed by atoms with Gasteiger partial charge in [0.05, 0.1) is 17.6 Å². The summed E-state index contributed by atoms with van der Waals surface area (Å²) in [6.07, 6.45) is 1.79. The summed E-state index contributed by atoms with van der Waals surface area (Å²) in [5, 5.41) is 8.23. The molecule has 0 saturated carbocycles. The Morgan fingerprint density at radius 1 is 0.900 bits per heavy atom. The van der Waals surface area contributed by atoms with Crippen molar-refractivity contribution in [2.24, 2.45) is 15.2 Å². The van der Waals surface area contributed by atoms with Crippen molar-refractivity contribution < 1.29 is 0 Å². The highest BCUT2D eigenvalue weighted by molar-refractivity contribution is 6.16. The van der Waals surface area contributed by atoms with Crippen LogP contribution in [0.1, 0.15) is 11.1 Å². The second-order valence-corrected chi connectivity index (χ2v) is 4.66. The Morgan fingerprint density at radius 2 is 1.70 bits per heavy atom. The molecule has 4 rings (SSSR count). The summed E-state index contributed by atoms with van der Waals surface area (Å²) in [4.78, 5) is 6.71. The van der Waals surface area contributed by atoms with Crippen LogP contribution in [-0.2, 0) is 0 Å². The lowest BCUT2D eigenvalue weighted by Crippen LogP contribution is -2.18. The molecule has 96 valence electrons. The maximum Gasteiger partial charge on any atom is 0.175 e. The second-order valence-electron chi connectivity index (χ2n) is 4.66. The number of fused-ring (bicyclic) bond motifs is 3. The summed E-state index contributed by atoms with van der Waals surface area (Å²) < 4.78 is 0. The zero-order valence-corrected chi connectivity index (χ0v) is 10.8. The maximum absolute atomic E-state index is 4.64. The number of para-hydroxylation sites is 1. The predicted molar refractivity (Wildman–Crippen MR) is 78.8 cm³/mol. The Kier molecular flexibility index (Phi) is 2.45. The molecule has 4 nitrogen and oxygen atoms in total. The molecule has 4 heteroatoms. The molecule has 2 heterocycles. The molecule has 0 aromatic heterocycles. The van der Waals surface area contributed by atoms with E-state index < -0.39 is 0 Å². The fourth-order valence-electron chi connectivity index (χ4n) is 2.52. The molecule has 0 fully saturated rings. The maximum atomic E-state index is 4.64. The average molecular weight is 260 g/mol. The Balaban J connectivity index is 1.95. The SMILES string of the molecule is C1=C2N=NCN2c2ccccc2C(c2ccccc2)=N1. The largest absolute Gasteiger partial charge is 0.301 e. The highest BCUT2D eigenvalue weighted by Gasteiger charge is 2.24. The molecular weight excluding hydrogens is 248 g/mol. The third kappa shape index (κ3) is 1.66. The van der Waals surface area contributed by atoms with Crippen LogP contribution in [-0.4, -0.2) is 12.4 Å². The van der Waals surface area contributed by atoms with Crippen molar-refractivity contribution in [1.29, 1.82) is 0 Å².